The lowest BCUT2D eigenvalue weighted by Gasteiger charge is -2.41. The Morgan fingerprint density at radius 2 is 1.97 bits per heavy atom. The summed E-state index contributed by atoms with van der Waals surface area (Å²) in [5.41, 5.74) is 1.03. The van der Waals surface area contributed by atoms with Crippen LogP contribution in [0.2, 0.25) is 0 Å². The first-order valence-corrected chi connectivity index (χ1v) is 13.1. The van der Waals surface area contributed by atoms with Crippen LogP contribution in [0.25, 0.3) is 5.57 Å². The Morgan fingerprint density at radius 3 is 2.63 bits per heavy atom. The molecule has 2 heterocycles. The normalized spacial score (nSPS) is 19.0. The molecule has 2 rings (SSSR count). The third-order valence-electron chi connectivity index (χ3n) is 5.62. The van der Waals surface area contributed by atoms with E-state index in [4.69, 9.17) is 19.0 Å². The molecule has 1 aliphatic heterocycles. The lowest BCUT2D eigenvalue weighted by molar-refractivity contribution is -1.13. The van der Waals surface area contributed by atoms with Gasteiger partial charge in [0.2, 0.25) is 0 Å². The first kappa shape index (κ1) is 29.0. The Hall–Kier alpha value is -2.24. The first-order chi connectivity index (χ1) is 16.6. The second kappa shape index (κ2) is 13.7. The van der Waals surface area contributed by atoms with Crippen LogP contribution in [0.5, 0.6) is 5.88 Å². The summed E-state index contributed by atoms with van der Waals surface area (Å²) in [6.07, 6.45) is 6.63. The quantitative estimate of drug-likeness (QED) is 0.234. The zero-order valence-corrected chi connectivity index (χ0v) is 22.7. The van der Waals surface area contributed by atoms with Crippen LogP contribution in [0.15, 0.2) is 6.08 Å². The number of rotatable bonds is 13. The number of aromatic nitrogens is 2. The monoisotopic (exact) mass is 513 g/mol. The Morgan fingerprint density at radius 1 is 1.20 bits per heavy atom. The van der Waals surface area contributed by atoms with E-state index in [9.17, 15) is 9.59 Å². The third kappa shape index (κ3) is 9.05. The number of carbonyl (C=O) groups is 2. The average Bonchev–Trinajstić information content (AvgIpc) is 3.28. The number of hydrogen-bond donors (Lipinski definition) is 1. The standard InChI is InChI=1S/C24H40N4O6S/c1-7-9-10-11-15-32-22-21(26-35-27-22)18-13-12-14-28(17-18,31-6)19(8-2)33-20(29)16-25-23(30)34-24(3,4)5/h13,19H,7-12,14-17H2,1-6H3/p+1. The summed E-state index contributed by atoms with van der Waals surface area (Å²) >= 11 is 1.12. The molecule has 1 aromatic heterocycles. The maximum Gasteiger partial charge on any atom is 0.408 e. The van der Waals surface area contributed by atoms with Crippen LogP contribution >= 0.6 is 11.7 Å². The van der Waals surface area contributed by atoms with E-state index < -0.39 is 23.9 Å². The molecule has 0 saturated carbocycles. The predicted octanol–water partition coefficient (Wildman–Crippen LogP) is 4.47. The van der Waals surface area contributed by atoms with Crippen LogP contribution in [-0.4, -0.2) is 70.6 Å². The van der Waals surface area contributed by atoms with Crippen molar-refractivity contribution in [1.82, 2.24) is 14.1 Å². The summed E-state index contributed by atoms with van der Waals surface area (Å²) < 4.78 is 25.8. The van der Waals surface area contributed by atoms with Gasteiger partial charge in [-0.2, -0.15) is 4.37 Å². The van der Waals surface area contributed by atoms with E-state index in [1.54, 1.807) is 27.9 Å². The number of amides is 1. The number of nitrogens with zero attached hydrogens (tertiary/aromatic N) is 3. The molecule has 35 heavy (non-hydrogen) atoms. The van der Waals surface area contributed by atoms with Gasteiger partial charge in [-0.3, -0.25) is 0 Å². The highest BCUT2D eigenvalue weighted by atomic mass is 32.1. The Bertz CT molecular complexity index is 853. The fourth-order valence-electron chi connectivity index (χ4n) is 3.91. The predicted molar refractivity (Wildman–Crippen MR) is 134 cm³/mol. The summed E-state index contributed by atoms with van der Waals surface area (Å²) in [5.74, 6) is -0.0137. The molecule has 2 unspecified atom stereocenters. The molecular weight excluding hydrogens is 472 g/mol. The van der Waals surface area contributed by atoms with Gasteiger partial charge < -0.3 is 19.5 Å². The minimum Gasteiger partial charge on any atom is -0.475 e. The first-order valence-electron chi connectivity index (χ1n) is 12.4. The van der Waals surface area contributed by atoms with Gasteiger partial charge in [0.25, 0.3) is 12.1 Å². The minimum absolute atomic E-state index is 0.105. The van der Waals surface area contributed by atoms with Crippen molar-refractivity contribution < 1.29 is 33.3 Å². The van der Waals surface area contributed by atoms with Crippen LogP contribution < -0.4 is 10.1 Å². The third-order valence-corrected chi connectivity index (χ3v) is 6.13. The largest absolute Gasteiger partial charge is 0.475 e. The molecule has 0 aliphatic carbocycles. The molecule has 1 amide bonds. The van der Waals surface area contributed by atoms with Gasteiger partial charge in [0, 0.05) is 18.4 Å². The maximum atomic E-state index is 12.5. The van der Waals surface area contributed by atoms with Crippen LogP contribution in [0.3, 0.4) is 0 Å². The van der Waals surface area contributed by atoms with Gasteiger partial charge >= 0.3 is 12.1 Å². The summed E-state index contributed by atoms with van der Waals surface area (Å²) in [4.78, 5) is 30.3. The number of alkyl carbamates (subject to hydrolysis) is 1. The van der Waals surface area contributed by atoms with Gasteiger partial charge in [-0.15, -0.1) is 9.02 Å². The van der Waals surface area contributed by atoms with Crippen LogP contribution in [0, 0.1) is 0 Å². The molecule has 0 saturated heterocycles. The van der Waals surface area contributed by atoms with E-state index in [0.717, 1.165) is 42.3 Å². The Kier molecular flexibility index (Phi) is 11.4. The molecule has 1 aromatic rings. The number of hydroxylamine groups is 3. The van der Waals surface area contributed by atoms with E-state index in [1.807, 2.05) is 6.92 Å². The van der Waals surface area contributed by atoms with Crippen LogP contribution in [-0.2, 0) is 19.1 Å². The zero-order chi connectivity index (χ0) is 25.9. The summed E-state index contributed by atoms with van der Waals surface area (Å²) in [6, 6.07) is 0. The lowest BCUT2D eigenvalue weighted by Crippen LogP contribution is -2.58. The van der Waals surface area contributed by atoms with Crippen molar-refractivity contribution in [3.63, 3.8) is 0 Å². The lowest BCUT2D eigenvalue weighted by atomic mass is 10.1. The van der Waals surface area contributed by atoms with E-state index >= 15 is 0 Å². The number of unbranched alkanes of at least 4 members (excludes halogenated alkanes) is 3. The number of hydrogen-bond acceptors (Lipinski definition) is 9. The van der Waals surface area contributed by atoms with Crippen molar-refractivity contribution in [1.29, 1.82) is 0 Å². The summed E-state index contributed by atoms with van der Waals surface area (Å²) in [6.45, 7) is 10.8. The van der Waals surface area contributed by atoms with E-state index in [0.29, 0.717) is 32.0 Å². The number of quaternary nitrogens is 1. The second-order valence-electron chi connectivity index (χ2n) is 9.57. The molecular formula is C24H41N4O6S+. The highest BCUT2D eigenvalue weighted by Gasteiger charge is 2.43. The molecule has 0 fully saturated rings. The number of nitrogens with one attached hydrogen (secondary N) is 1. The van der Waals surface area contributed by atoms with Crippen molar-refractivity contribution in [2.24, 2.45) is 0 Å². The SMILES string of the molecule is CCCCCCOc1nsnc1C1=CCC[N+](OC)(C(CC)OC(=O)CNC(=O)OC(C)(C)C)C1. The second-order valence-corrected chi connectivity index (χ2v) is 10.1. The van der Waals surface area contributed by atoms with Gasteiger partial charge in [-0.05, 0) is 27.2 Å². The van der Waals surface area contributed by atoms with Gasteiger partial charge in [-0.25, -0.2) is 14.4 Å². The number of ether oxygens (including phenoxy) is 3. The number of carbonyl (C=O) groups excluding carboxylic acids is 2. The van der Waals surface area contributed by atoms with Crippen molar-refractivity contribution in [2.75, 3.05) is 33.4 Å². The smallest absolute Gasteiger partial charge is 0.408 e. The molecule has 198 valence electrons. The summed E-state index contributed by atoms with van der Waals surface area (Å²) in [7, 11) is 1.61. The summed E-state index contributed by atoms with van der Waals surface area (Å²) in [5, 5.41) is 2.44. The fraction of sp³-hybridized carbons (Fsp3) is 0.750. The van der Waals surface area contributed by atoms with Crippen molar-refractivity contribution in [2.45, 2.75) is 85.0 Å². The molecule has 1 N–H and O–H groups in total. The van der Waals surface area contributed by atoms with Gasteiger partial charge in [-0.1, -0.05) is 39.2 Å². The van der Waals surface area contributed by atoms with Gasteiger partial charge in [0.15, 0.2) is 0 Å². The van der Waals surface area contributed by atoms with E-state index in [1.165, 1.54) is 12.8 Å². The van der Waals surface area contributed by atoms with E-state index in [-0.39, 0.29) is 11.2 Å². The average molecular weight is 514 g/mol. The van der Waals surface area contributed by atoms with E-state index in [2.05, 4.69) is 27.1 Å². The molecule has 0 aromatic carbocycles. The molecule has 0 spiro atoms. The Labute approximate surface area is 212 Å². The highest BCUT2D eigenvalue weighted by Crippen LogP contribution is 2.33. The molecule has 1 aliphatic rings. The molecule has 2 atom stereocenters. The Balaban J connectivity index is 2.02. The molecule has 10 nitrogen and oxygen atoms in total. The molecule has 11 heteroatoms. The molecule has 0 radical (unpaired) electrons. The highest BCUT2D eigenvalue weighted by molar-refractivity contribution is 6.99. The van der Waals surface area contributed by atoms with Gasteiger partial charge in [0.1, 0.15) is 30.9 Å². The zero-order valence-electron chi connectivity index (χ0n) is 21.9. The molecule has 0 bridgehead atoms. The van der Waals surface area contributed by atoms with Crippen LogP contribution in [0.1, 0.15) is 78.8 Å². The van der Waals surface area contributed by atoms with Crippen molar-refractivity contribution in [3.05, 3.63) is 11.8 Å². The maximum absolute atomic E-state index is 12.5. The topological polar surface area (TPSA) is 109 Å². The van der Waals surface area contributed by atoms with Crippen molar-refractivity contribution >= 4 is 29.4 Å². The van der Waals surface area contributed by atoms with Crippen molar-refractivity contribution in [3.8, 4) is 5.88 Å². The van der Waals surface area contributed by atoms with Gasteiger partial charge in [0.05, 0.1) is 25.4 Å². The fourth-order valence-corrected chi connectivity index (χ4v) is 4.44. The number of esters is 1. The van der Waals surface area contributed by atoms with Crippen LogP contribution in [0.4, 0.5) is 4.79 Å². The minimum atomic E-state index is -0.667.